The Balaban J connectivity index is 2.01. The average Bonchev–Trinajstić information content (AvgIpc) is 3.10. The minimum Gasteiger partial charge on any atom is -0.370 e. The third-order valence-corrected chi connectivity index (χ3v) is 3.13. The summed E-state index contributed by atoms with van der Waals surface area (Å²) in [5.74, 6) is 1.12. The lowest BCUT2D eigenvalue weighted by Gasteiger charge is -2.13. The Kier molecular flexibility index (Phi) is 3.14. The maximum absolute atomic E-state index is 9.03. The number of rotatable bonds is 4. The van der Waals surface area contributed by atoms with Gasteiger partial charge in [-0.3, -0.25) is 0 Å². The SMILES string of the molecule is CC(C)c1ccc(NC(C#N)C2CC2)cc1. The lowest BCUT2D eigenvalue weighted by molar-refractivity contribution is 0.767. The molecule has 0 heterocycles. The molecule has 84 valence electrons. The number of nitrogens with zero attached hydrogens (tertiary/aromatic N) is 1. The van der Waals surface area contributed by atoms with Crippen LogP contribution in [0.2, 0.25) is 0 Å². The third-order valence-electron chi connectivity index (χ3n) is 3.13. The molecule has 0 bridgehead atoms. The smallest absolute Gasteiger partial charge is 0.117 e. The van der Waals surface area contributed by atoms with E-state index in [0.717, 1.165) is 5.69 Å². The van der Waals surface area contributed by atoms with Gasteiger partial charge >= 0.3 is 0 Å². The van der Waals surface area contributed by atoms with Crippen molar-refractivity contribution in [3.05, 3.63) is 29.8 Å². The van der Waals surface area contributed by atoms with Crippen molar-refractivity contribution in [2.45, 2.75) is 38.6 Å². The number of hydrogen-bond donors (Lipinski definition) is 1. The molecule has 2 rings (SSSR count). The fraction of sp³-hybridized carbons (Fsp3) is 0.500. The van der Waals surface area contributed by atoms with Crippen molar-refractivity contribution in [3.63, 3.8) is 0 Å². The molecule has 0 amide bonds. The minimum atomic E-state index is -0.00935. The molecule has 1 aromatic rings. The van der Waals surface area contributed by atoms with Crippen LogP contribution in [0.5, 0.6) is 0 Å². The van der Waals surface area contributed by atoms with Crippen molar-refractivity contribution < 1.29 is 0 Å². The first-order valence-electron chi connectivity index (χ1n) is 5.97. The molecule has 1 atom stereocenters. The van der Waals surface area contributed by atoms with Crippen molar-refractivity contribution in [1.29, 1.82) is 5.26 Å². The summed E-state index contributed by atoms with van der Waals surface area (Å²) in [6.07, 6.45) is 2.38. The summed E-state index contributed by atoms with van der Waals surface area (Å²) in [7, 11) is 0. The highest BCUT2D eigenvalue weighted by Crippen LogP contribution is 2.34. The highest BCUT2D eigenvalue weighted by atomic mass is 14.9. The van der Waals surface area contributed by atoms with Gasteiger partial charge in [-0.15, -0.1) is 0 Å². The van der Waals surface area contributed by atoms with Gasteiger partial charge in [-0.25, -0.2) is 0 Å². The topological polar surface area (TPSA) is 35.8 Å². The summed E-state index contributed by atoms with van der Waals surface area (Å²) in [5.41, 5.74) is 2.40. The monoisotopic (exact) mass is 214 g/mol. The van der Waals surface area contributed by atoms with E-state index in [1.807, 2.05) is 0 Å². The maximum Gasteiger partial charge on any atom is 0.117 e. The fourth-order valence-electron chi connectivity index (χ4n) is 1.83. The molecule has 0 aliphatic heterocycles. The molecule has 0 aromatic heterocycles. The Hall–Kier alpha value is -1.49. The van der Waals surface area contributed by atoms with Crippen LogP contribution in [-0.2, 0) is 0 Å². The first-order chi connectivity index (χ1) is 7.70. The Morgan fingerprint density at radius 1 is 1.25 bits per heavy atom. The van der Waals surface area contributed by atoms with Gasteiger partial charge < -0.3 is 5.32 Å². The third kappa shape index (κ3) is 2.55. The molecular weight excluding hydrogens is 196 g/mol. The van der Waals surface area contributed by atoms with E-state index in [0.29, 0.717) is 11.8 Å². The highest BCUT2D eigenvalue weighted by Gasteiger charge is 2.31. The molecule has 1 aliphatic rings. The van der Waals surface area contributed by atoms with E-state index in [9.17, 15) is 0 Å². The van der Waals surface area contributed by atoms with E-state index in [1.165, 1.54) is 18.4 Å². The summed E-state index contributed by atoms with van der Waals surface area (Å²) >= 11 is 0. The van der Waals surface area contributed by atoms with Gasteiger partial charge in [-0.1, -0.05) is 26.0 Å². The maximum atomic E-state index is 9.03. The van der Waals surface area contributed by atoms with Crippen LogP contribution in [0, 0.1) is 17.2 Å². The van der Waals surface area contributed by atoms with E-state index in [1.54, 1.807) is 0 Å². The standard InChI is InChI=1S/C14H18N2/c1-10(2)11-5-7-13(8-6-11)16-14(9-15)12-3-4-12/h5-8,10,12,14,16H,3-4H2,1-2H3. The summed E-state index contributed by atoms with van der Waals surface area (Å²) in [5, 5.41) is 12.3. The molecule has 1 N–H and O–H groups in total. The number of hydrogen-bond acceptors (Lipinski definition) is 2. The molecule has 1 aliphatic carbocycles. The summed E-state index contributed by atoms with van der Waals surface area (Å²) in [6, 6.07) is 10.7. The second-order valence-corrected chi connectivity index (χ2v) is 4.87. The lowest BCUT2D eigenvalue weighted by Crippen LogP contribution is -2.19. The van der Waals surface area contributed by atoms with E-state index in [4.69, 9.17) is 5.26 Å². The van der Waals surface area contributed by atoms with E-state index in [2.05, 4.69) is 49.5 Å². The zero-order valence-electron chi connectivity index (χ0n) is 9.90. The van der Waals surface area contributed by atoms with Crippen LogP contribution in [0.4, 0.5) is 5.69 Å². The van der Waals surface area contributed by atoms with Gasteiger partial charge in [0, 0.05) is 5.69 Å². The fourth-order valence-corrected chi connectivity index (χ4v) is 1.83. The zero-order chi connectivity index (χ0) is 11.5. The van der Waals surface area contributed by atoms with Crippen molar-refractivity contribution in [3.8, 4) is 6.07 Å². The number of nitrogens with one attached hydrogen (secondary N) is 1. The molecule has 2 nitrogen and oxygen atoms in total. The van der Waals surface area contributed by atoms with Crippen LogP contribution in [0.25, 0.3) is 0 Å². The normalized spacial score (nSPS) is 16.9. The lowest BCUT2D eigenvalue weighted by atomic mass is 10.0. The van der Waals surface area contributed by atoms with Gasteiger partial charge in [0.1, 0.15) is 6.04 Å². The Morgan fingerprint density at radius 3 is 2.31 bits per heavy atom. The van der Waals surface area contributed by atoms with E-state index >= 15 is 0 Å². The van der Waals surface area contributed by atoms with Crippen LogP contribution in [-0.4, -0.2) is 6.04 Å². The van der Waals surface area contributed by atoms with Crippen molar-refractivity contribution in [2.24, 2.45) is 5.92 Å². The van der Waals surface area contributed by atoms with Crippen molar-refractivity contribution in [2.75, 3.05) is 5.32 Å². The van der Waals surface area contributed by atoms with Gasteiger partial charge in [0.2, 0.25) is 0 Å². The average molecular weight is 214 g/mol. The summed E-state index contributed by atoms with van der Waals surface area (Å²) < 4.78 is 0. The number of nitriles is 1. The van der Waals surface area contributed by atoms with Gasteiger partial charge in [-0.2, -0.15) is 5.26 Å². The van der Waals surface area contributed by atoms with Gasteiger partial charge in [0.05, 0.1) is 6.07 Å². The second-order valence-electron chi connectivity index (χ2n) is 4.87. The molecule has 1 fully saturated rings. The molecule has 0 radical (unpaired) electrons. The quantitative estimate of drug-likeness (QED) is 0.832. The van der Waals surface area contributed by atoms with E-state index < -0.39 is 0 Å². The van der Waals surface area contributed by atoms with Gasteiger partial charge in [0.25, 0.3) is 0 Å². The Labute approximate surface area is 97.3 Å². The summed E-state index contributed by atoms with van der Waals surface area (Å²) in [4.78, 5) is 0. The number of anilines is 1. The first kappa shape index (κ1) is 11.0. The molecular formula is C14H18N2. The number of benzene rings is 1. The van der Waals surface area contributed by atoms with Crippen LogP contribution < -0.4 is 5.32 Å². The zero-order valence-corrected chi connectivity index (χ0v) is 9.90. The molecule has 0 saturated heterocycles. The molecule has 1 unspecified atom stereocenters. The predicted molar refractivity (Wildman–Crippen MR) is 66.3 cm³/mol. The summed E-state index contributed by atoms with van der Waals surface area (Å²) in [6.45, 7) is 4.37. The van der Waals surface area contributed by atoms with Crippen molar-refractivity contribution in [1.82, 2.24) is 0 Å². The minimum absolute atomic E-state index is 0.00935. The van der Waals surface area contributed by atoms with Gasteiger partial charge in [0.15, 0.2) is 0 Å². The second kappa shape index (κ2) is 4.57. The van der Waals surface area contributed by atoms with Crippen LogP contribution in [0.3, 0.4) is 0 Å². The van der Waals surface area contributed by atoms with Crippen LogP contribution in [0.1, 0.15) is 38.2 Å². The molecule has 1 aromatic carbocycles. The van der Waals surface area contributed by atoms with Crippen LogP contribution in [0.15, 0.2) is 24.3 Å². The molecule has 1 saturated carbocycles. The van der Waals surface area contributed by atoms with Crippen molar-refractivity contribution >= 4 is 5.69 Å². The molecule has 16 heavy (non-hydrogen) atoms. The molecule has 2 heteroatoms. The largest absolute Gasteiger partial charge is 0.370 e. The predicted octanol–water partition coefficient (Wildman–Crippen LogP) is 3.52. The Morgan fingerprint density at radius 2 is 1.88 bits per heavy atom. The highest BCUT2D eigenvalue weighted by molar-refractivity contribution is 5.47. The molecule has 0 spiro atoms. The Bertz CT molecular complexity index is 382. The van der Waals surface area contributed by atoms with Gasteiger partial charge in [-0.05, 0) is 42.4 Å². The van der Waals surface area contributed by atoms with E-state index in [-0.39, 0.29) is 6.04 Å². The van der Waals surface area contributed by atoms with Crippen LogP contribution >= 0.6 is 0 Å². The first-order valence-corrected chi connectivity index (χ1v) is 5.97.